The van der Waals surface area contributed by atoms with Crippen molar-refractivity contribution in [3.05, 3.63) is 35.6 Å². The standard InChI is InChI=1S/C9H8FN5O/c10-7-4-2-1-3-6(7)5-12-13-9-8(11)14-16-15-9/h1-5H,(H2,11,14)(H,13,15). The normalized spacial score (nSPS) is 10.8. The zero-order chi connectivity index (χ0) is 11.4. The Morgan fingerprint density at radius 2 is 2.19 bits per heavy atom. The fraction of sp³-hybridized carbons (Fsp3) is 0. The van der Waals surface area contributed by atoms with Crippen molar-refractivity contribution in [2.24, 2.45) is 5.10 Å². The van der Waals surface area contributed by atoms with Crippen LogP contribution in [0.5, 0.6) is 0 Å². The van der Waals surface area contributed by atoms with Crippen LogP contribution in [0.1, 0.15) is 5.56 Å². The van der Waals surface area contributed by atoms with Crippen LogP contribution in [0.15, 0.2) is 34.0 Å². The molecule has 0 atom stereocenters. The van der Waals surface area contributed by atoms with Crippen molar-refractivity contribution in [2.75, 3.05) is 11.2 Å². The summed E-state index contributed by atoms with van der Waals surface area (Å²) in [6.45, 7) is 0. The van der Waals surface area contributed by atoms with Gasteiger partial charge in [0.15, 0.2) is 0 Å². The van der Waals surface area contributed by atoms with E-state index in [0.717, 1.165) is 0 Å². The molecule has 6 nitrogen and oxygen atoms in total. The number of nitrogens with zero attached hydrogens (tertiary/aromatic N) is 3. The summed E-state index contributed by atoms with van der Waals surface area (Å²) in [5.41, 5.74) is 8.20. The third kappa shape index (κ3) is 2.14. The third-order valence-corrected chi connectivity index (χ3v) is 1.79. The Bertz CT molecular complexity index is 510. The van der Waals surface area contributed by atoms with Crippen molar-refractivity contribution in [1.29, 1.82) is 0 Å². The van der Waals surface area contributed by atoms with Crippen molar-refractivity contribution in [2.45, 2.75) is 0 Å². The molecule has 0 aliphatic heterocycles. The lowest BCUT2D eigenvalue weighted by atomic mass is 10.2. The number of anilines is 2. The Labute approximate surface area is 89.9 Å². The van der Waals surface area contributed by atoms with Crippen LogP contribution in [0.25, 0.3) is 0 Å². The van der Waals surface area contributed by atoms with E-state index in [0.29, 0.717) is 5.56 Å². The first-order valence-corrected chi connectivity index (χ1v) is 4.39. The minimum Gasteiger partial charge on any atom is -0.378 e. The molecule has 0 aliphatic carbocycles. The molecule has 0 aliphatic rings. The van der Waals surface area contributed by atoms with E-state index in [4.69, 9.17) is 5.73 Å². The second kappa shape index (κ2) is 4.39. The molecule has 0 radical (unpaired) electrons. The maximum absolute atomic E-state index is 13.1. The van der Waals surface area contributed by atoms with Crippen LogP contribution in [0.3, 0.4) is 0 Å². The second-order valence-corrected chi connectivity index (χ2v) is 2.89. The van der Waals surface area contributed by atoms with Crippen LogP contribution in [-0.2, 0) is 0 Å². The Morgan fingerprint density at radius 3 is 2.88 bits per heavy atom. The molecule has 0 unspecified atom stereocenters. The quantitative estimate of drug-likeness (QED) is 0.601. The smallest absolute Gasteiger partial charge is 0.235 e. The molecule has 0 bridgehead atoms. The van der Waals surface area contributed by atoms with Gasteiger partial charge in [0.1, 0.15) is 5.82 Å². The molecular formula is C9H8FN5O. The molecule has 2 aromatic rings. The summed E-state index contributed by atoms with van der Waals surface area (Å²) in [5.74, 6) is -0.0856. The molecule has 82 valence electrons. The monoisotopic (exact) mass is 221 g/mol. The van der Waals surface area contributed by atoms with Crippen molar-refractivity contribution in [1.82, 2.24) is 10.3 Å². The van der Waals surface area contributed by atoms with Crippen LogP contribution in [0.4, 0.5) is 16.0 Å². The first-order chi connectivity index (χ1) is 7.77. The van der Waals surface area contributed by atoms with E-state index in [1.807, 2.05) is 0 Å². The molecule has 0 saturated heterocycles. The van der Waals surface area contributed by atoms with Crippen molar-refractivity contribution >= 4 is 17.9 Å². The minimum absolute atomic E-state index is 0.0886. The van der Waals surface area contributed by atoms with E-state index < -0.39 is 0 Å². The fourth-order valence-electron chi connectivity index (χ4n) is 1.02. The molecule has 0 fully saturated rings. The number of aromatic nitrogens is 2. The van der Waals surface area contributed by atoms with Crippen LogP contribution in [0, 0.1) is 5.82 Å². The highest BCUT2D eigenvalue weighted by Crippen LogP contribution is 2.10. The second-order valence-electron chi connectivity index (χ2n) is 2.89. The van der Waals surface area contributed by atoms with Crippen LogP contribution < -0.4 is 11.2 Å². The number of hydrogen-bond donors (Lipinski definition) is 2. The highest BCUT2D eigenvalue weighted by atomic mass is 19.1. The number of benzene rings is 1. The lowest BCUT2D eigenvalue weighted by molar-refractivity contribution is 0.310. The average molecular weight is 221 g/mol. The SMILES string of the molecule is Nc1nonc1NN=Cc1ccccc1F. The summed E-state index contributed by atoms with van der Waals surface area (Å²) in [5, 5.41) is 10.5. The van der Waals surface area contributed by atoms with Crippen LogP contribution >= 0.6 is 0 Å². The summed E-state index contributed by atoms with van der Waals surface area (Å²) in [4.78, 5) is 0. The van der Waals surface area contributed by atoms with Gasteiger partial charge >= 0.3 is 0 Å². The summed E-state index contributed by atoms with van der Waals surface area (Å²) in [7, 11) is 0. The Morgan fingerprint density at radius 1 is 1.38 bits per heavy atom. The maximum atomic E-state index is 13.1. The summed E-state index contributed by atoms with van der Waals surface area (Å²) >= 11 is 0. The molecule has 0 amide bonds. The summed E-state index contributed by atoms with van der Waals surface area (Å²) < 4.78 is 17.5. The number of nitrogens with two attached hydrogens (primary N) is 1. The van der Waals surface area contributed by atoms with Gasteiger partial charge < -0.3 is 5.73 Å². The average Bonchev–Trinajstić information content (AvgIpc) is 2.67. The highest BCUT2D eigenvalue weighted by Gasteiger charge is 2.03. The molecule has 16 heavy (non-hydrogen) atoms. The van der Waals surface area contributed by atoms with Gasteiger partial charge in [-0.2, -0.15) is 5.10 Å². The maximum Gasteiger partial charge on any atom is 0.235 e. The fourth-order valence-corrected chi connectivity index (χ4v) is 1.02. The first-order valence-electron chi connectivity index (χ1n) is 4.39. The van der Waals surface area contributed by atoms with E-state index in [2.05, 4.69) is 25.5 Å². The minimum atomic E-state index is -0.362. The van der Waals surface area contributed by atoms with E-state index in [1.54, 1.807) is 18.2 Å². The predicted molar refractivity (Wildman–Crippen MR) is 56.3 cm³/mol. The number of rotatable bonds is 3. The molecule has 2 rings (SSSR count). The van der Waals surface area contributed by atoms with Gasteiger partial charge in [0, 0.05) is 5.56 Å². The largest absolute Gasteiger partial charge is 0.378 e. The van der Waals surface area contributed by atoms with E-state index in [9.17, 15) is 4.39 Å². The van der Waals surface area contributed by atoms with Crippen molar-refractivity contribution < 1.29 is 9.02 Å². The van der Waals surface area contributed by atoms with Gasteiger partial charge in [-0.15, -0.1) is 0 Å². The van der Waals surface area contributed by atoms with Gasteiger partial charge in [0.2, 0.25) is 11.6 Å². The topological polar surface area (TPSA) is 89.3 Å². The van der Waals surface area contributed by atoms with E-state index in [1.165, 1.54) is 12.3 Å². The molecule has 7 heteroatoms. The predicted octanol–water partition coefficient (Wildman–Crippen LogP) is 1.24. The van der Waals surface area contributed by atoms with Crippen LogP contribution in [0.2, 0.25) is 0 Å². The molecule has 0 saturated carbocycles. The van der Waals surface area contributed by atoms with Crippen molar-refractivity contribution in [3.8, 4) is 0 Å². The van der Waals surface area contributed by atoms with Gasteiger partial charge in [-0.05, 0) is 16.4 Å². The van der Waals surface area contributed by atoms with Gasteiger partial charge in [-0.25, -0.2) is 9.02 Å². The summed E-state index contributed by atoms with van der Waals surface area (Å²) in [6, 6.07) is 6.23. The molecule has 1 aromatic heterocycles. The number of halogens is 1. The Hall–Kier alpha value is -2.44. The van der Waals surface area contributed by atoms with Gasteiger partial charge in [0.05, 0.1) is 6.21 Å². The number of nitrogen functional groups attached to an aromatic ring is 1. The lowest BCUT2D eigenvalue weighted by Gasteiger charge is -1.95. The number of hydrazone groups is 1. The highest BCUT2D eigenvalue weighted by molar-refractivity contribution is 5.80. The first kappa shape index (κ1) is 10.1. The zero-order valence-corrected chi connectivity index (χ0v) is 8.09. The molecular weight excluding hydrogens is 213 g/mol. The summed E-state index contributed by atoms with van der Waals surface area (Å²) in [6.07, 6.45) is 1.31. The van der Waals surface area contributed by atoms with Crippen molar-refractivity contribution in [3.63, 3.8) is 0 Å². The number of nitrogens with one attached hydrogen (secondary N) is 1. The van der Waals surface area contributed by atoms with Gasteiger partial charge in [-0.1, -0.05) is 18.2 Å². The molecule has 1 heterocycles. The zero-order valence-electron chi connectivity index (χ0n) is 8.09. The molecule has 1 aromatic carbocycles. The van der Waals surface area contributed by atoms with Gasteiger partial charge in [0.25, 0.3) is 0 Å². The van der Waals surface area contributed by atoms with E-state index >= 15 is 0 Å². The Kier molecular flexibility index (Phi) is 2.77. The number of hydrogen-bond acceptors (Lipinski definition) is 6. The van der Waals surface area contributed by atoms with Crippen LogP contribution in [-0.4, -0.2) is 16.5 Å². The Balaban J connectivity index is 2.06. The molecule has 0 spiro atoms. The third-order valence-electron chi connectivity index (χ3n) is 1.79. The van der Waals surface area contributed by atoms with Gasteiger partial charge in [-0.3, -0.25) is 5.43 Å². The lowest BCUT2D eigenvalue weighted by Crippen LogP contribution is -1.96. The molecule has 3 N–H and O–H groups in total. The van der Waals surface area contributed by atoms with E-state index in [-0.39, 0.29) is 17.5 Å².